The number of ether oxygens (including phenoxy) is 1. The summed E-state index contributed by atoms with van der Waals surface area (Å²) in [6.45, 7) is 3.65. The average molecular weight is 402 g/mol. The normalized spacial score (nSPS) is 15.9. The maximum atomic E-state index is 11.5. The zero-order valence-corrected chi connectivity index (χ0v) is 16.5. The molecule has 5 rings (SSSR count). The Kier molecular flexibility index (Phi) is 4.76. The van der Waals surface area contributed by atoms with Crippen LogP contribution in [0.5, 0.6) is 0 Å². The van der Waals surface area contributed by atoms with Gasteiger partial charge in [0.15, 0.2) is 0 Å². The number of primary amides is 1. The van der Waals surface area contributed by atoms with Gasteiger partial charge in [0.25, 0.3) is 0 Å². The molecule has 0 aliphatic carbocycles. The van der Waals surface area contributed by atoms with Crippen molar-refractivity contribution in [1.29, 1.82) is 0 Å². The SMILES string of the molecule is NC(=O)c1ccc(-c2nc(N3CCOCC3)nc3c2CCN3c2cccnc2)cc1. The summed E-state index contributed by atoms with van der Waals surface area (Å²) in [4.78, 5) is 30.0. The second-order valence-corrected chi connectivity index (χ2v) is 7.33. The largest absolute Gasteiger partial charge is 0.378 e. The number of benzene rings is 1. The molecular weight excluding hydrogens is 380 g/mol. The van der Waals surface area contributed by atoms with Crippen LogP contribution in [0.4, 0.5) is 17.5 Å². The molecule has 1 amide bonds. The third kappa shape index (κ3) is 3.35. The molecule has 2 N–H and O–H groups in total. The number of pyridine rings is 1. The lowest BCUT2D eigenvalue weighted by Crippen LogP contribution is -2.37. The first-order valence-corrected chi connectivity index (χ1v) is 10.0. The van der Waals surface area contributed by atoms with Crippen LogP contribution in [0.2, 0.25) is 0 Å². The van der Waals surface area contributed by atoms with Crippen LogP contribution in [-0.2, 0) is 11.2 Å². The highest BCUT2D eigenvalue weighted by Gasteiger charge is 2.29. The van der Waals surface area contributed by atoms with E-state index in [-0.39, 0.29) is 0 Å². The molecule has 1 aromatic carbocycles. The number of fused-ring (bicyclic) bond motifs is 1. The van der Waals surface area contributed by atoms with Crippen molar-refractivity contribution >= 4 is 23.4 Å². The van der Waals surface area contributed by atoms with Gasteiger partial charge >= 0.3 is 0 Å². The number of carbonyl (C=O) groups is 1. The summed E-state index contributed by atoms with van der Waals surface area (Å²) in [6, 6.07) is 11.3. The van der Waals surface area contributed by atoms with Gasteiger partial charge in [-0.25, -0.2) is 4.98 Å². The van der Waals surface area contributed by atoms with E-state index in [9.17, 15) is 4.79 Å². The van der Waals surface area contributed by atoms with Crippen LogP contribution in [-0.4, -0.2) is 53.7 Å². The third-order valence-electron chi connectivity index (χ3n) is 5.51. The molecule has 30 heavy (non-hydrogen) atoms. The molecule has 2 aliphatic rings. The predicted octanol–water partition coefficient (Wildman–Crippen LogP) is 2.17. The number of morpholine rings is 1. The Balaban J connectivity index is 1.62. The summed E-state index contributed by atoms with van der Waals surface area (Å²) in [5, 5.41) is 0. The van der Waals surface area contributed by atoms with E-state index in [0.717, 1.165) is 54.4 Å². The molecule has 8 nitrogen and oxygen atoms in total. The van der Waals surface area contributed by atoms with E-state index in [0.29, 0.717) is 24.7 Å². The minimum atomic E-state index is -0.439. The second kappa shape index (κ2) is 7.72. The highest BCUT2D eigenvalue weighted by atomic mass is 16.5. The molecule has 2 aromatic heterocycles. The first kappa shape index (κ1) is 18.5. The number of hydrogen-bond acceptors (Lipinski definition) is 7. The van der Waals surface area contributed by atoms with Crippen LogP contribution in [0.25, 0.3) is 11.3 Å². The van der Waals surface area contributed by atoms with E-state index >= 15 is 0 Å². The first-order valence-electron chi connectivity index (χ1n) is 10.0. The smallest absolute Gasteiger partial charge is 0.248 e. The van der Waals surface area contributed by atoms with Crippen molar-refractivity contribution < 1.29 is 9.53 Å². The third-order valence-corrected chi connectivity index (χ3v) is 5.51. The van der Waals surface area contributed by atoms with Gasteiger partial charge in [0.1, 0.15) is 5.82 Å². The number of hydrogen-bond donors (Lipinski definition) is 1. The lowest BCUT2D eigenvalue weighted by atomic mass is 10.0. The molecule has 4 heterocycles. The fourth-order valence-electron chi connectivity index (χ4n) is 3.94. The molecule has 3 aromatic rings. The summed E-state index contributed by atoms with van der Waals surface area (Å²) < 4.78 is 5.50. The summed E-state index contributed by atoms with van der Waals surface area (Å²) in [5.41, 5.74) is 9.83. The van der Waals surface area contributed by atoms with Crippen molar-refractivity contribution in [2.45, 2.75) is 6.42 Å². The summed E-state index contributed by atoms with van der Waals surface area (Å²) in [5.74, 6) is 1.17. The highest BCUT2D eigenvalue weighted by molar-refractivity contribution is 5.93. The number of aromatic nitrogens is 3. The van der Waals surface area contributed by atoms with Crippen molar-refractivity contribution in [3.05, 3.63) is 59.9 Å². The number of anilines is 3. The number of nitrogens with zero attached hydrogens (tertiary/aromatic N) is 5. The lowest BCUT2D eigenvalue weighted by Gasteiger charge is -2.28. The Hall–Kier alpha value is -3.52. The van der Waals surface area contributed by atoms with Gasteiger partial charge in [0.05, 0.1) is 30.8 Å². The molecule has 0 saturated carbocycles. The molecule has 0 bridgehead atoms. The average Bonchev–Trinajstić information content (AvgIpc) is 3.24. The fourth-order valence-corrected chi connectivity index (χ4v) is 3.94. The lowest BCUT2D eigenvalue weighted by molar-refractivity contribution is 0.100. The molecule has 0 radical (unpaired) electrons. The van der Waals surface area contributed by atoms with Crippen LogP contribution in [0.15, 0.2) is 48.8 Å². The highest BCUT2D eigenvalue weighted by Crippen LogP contribution is 2.39. The Morgan fingerprint density at radius 2 is 1.83 bits per heavy atom. The van der Waals surface area contributed by atoms with Gasteiger partial charge in [-0.1, -0.05) is 12.1 Å². The Labute approximate surface area is 174 Å². The standard InChI is InChI=1S/C22H22N6O2/c23-20(29)16-5-3-15(4-6-16)19-18-7-9-28(17-2-1-8-24-14-17)21(18)26-22(25-19)27-10-12-30-13-11-27/h1-6,8,14H,7,9-13H2,(H2,23,29). The molecule has 0 spiro atoms. The van der Waals surface area contributed by atoms with Gasteiger partial charge in [-0.05, 0) is 30.7 Å². The molecular formula is C22H22N6O2. The zero-order chi connectivity index (χ0) is 20.5. The van der Waals surface area contributed by atoms with Gasteiger partial charge in [-0.15, -0.1) is 0 Å². The maximum absolute atomic E-state index is 11.5. The van der Waals surface area contributed by atoms with Crippen molar-refractivity contribution in [2.24, 2.45) is 5.73 Å². The second-order valence-electron chi connectivity index (χ2n) is 7.33. The van der Waals surface area contributed by atoms with Crippen LogP contribution >= 0.6 is 0 Å². The van der Waals surface area contributed by atoms with Gasteiger partial charge in [-0.2, -0.15) is 4.98 Å². The zero-order valence-electron chi connectivity index (χ0n) is 16.5. The molecule has 0 atom stereocenters. The Morgan fingerprint density at radius 1 is 1.03 bits per heavy atom. The van der Waals surface area contributed by atoms with E-state index in [1.807, 2.05) is 30.5 Å². The Morgan fingerprint density at radius 3 is 2.53 bits per heavy atom. The van der Waals surface area contributed by atoms with E-state index in [4.69, 9.17) is 20.4 Å². The summed E-state index contributed by atoms with van der Waals surface area (Å²) in [6.07, 6.45) is 4.46. The minimum Gasteiger partial charge on any atom is -0.378 e. The van der Waals surface area contributed by atoms with Crippen LogP contribution in [0.3, 0.4) is 0 Å². The first-order chi connectivity index (χ1) is 14.7. The van der Waals surface area contributed by atoms with E-state index in [1.165, 1.54) is 0 Å². The number of amides is 1. The monoisotopic (exact) mass is 402 g/mol. The summed E-state index contributed by atoms with van der Waals surface area (Å²) in [7, 11) is 0. The molecule has 8 heteroatoms. The fraction of sp³-hybridized carbons (Fsp3) is 0.273. The van der Waals surface area contributed by atoms with Crippen LogP contribution in [0, 0.1) is 0 Å². The molecule has 2 aliphatic heterocycles. The Bertz CT molecular complexity index is 1060. The molecule has 1 fully saturated rings. The van der Waals surface area contributed by atoms with Crippen molar-refractivity contribution in [2.75, 3.05) is 42.6 Å². The maximum Gasteiger partial charge on any atom is 0.248 e. The van der Waals surface area contributed by atoms with Crippen LogP contribution < -0.4 is 15.5 Å². The quantitative estimate of drug-likeness (QED) is 0.714. The number of carbonyl (C=O) groups excluding carboxylic acids is 1. The predicted molar refractivity (Wildman–Crippen MR) is 114 cm³/mol. The van der Waals surface area contributed by atoms with Crippen LogP contribution in [0.1, 0.15) is 15.9 Å². The van der Waals surface area contributed by atoms with Gasteiger partial charge in [0.2, 0.25) is 11.9 Å². The number of nitrogens with two attached hydrogens (primary N) is 1. The van der Waals surface area contributed by atoms with Crippen molar-refractivity contribution in [3.63, 3.8) is 0 Å². The van der Waals surface area contributed by atoms with Gasteiger partial charge < -0.3 is 20.3 Å². The van der Waals surface area contributed by atoms with E-state index in [1.54, 1.807) is 18.3 Å². The van der Waals surface area contributed by atoms with Crippen molar-refractivity contribution in [3.8, 4) is 11.3 Å². The van der Waals surface area contributed by atoms with E-state index in [2.05, 4.69) is 14.8 Å². The molecule has 1 saturated heterocycles. The topological polar surface area (TPSA) is 97.5 Å². The molecule has 152 valence electrons. The van der Waals surface area contributed by atoms with Crippen molar-refractivity contribution in [1.82, 2.24) is 15.0 Å². The van der Waals surface area contributed by atoms with Gasteiger partial charge in [0, 0.05) is 42.5 Å². The summed E-state index contributed by atoms with van der Waals surface area (Å²) >= 11 is 0. The van der Waals surface area contributed by atoms with E-state index < -0.39 is 5.91 Å². The molecule has 0 unspecified atom stereocenters. The number of rotatable bonds is 4. The van der Waals surface area contributed by atoms with Gasteiger partial charge in [-0.3, -0.25) is 9.78 Å². The minimum absolute atomic E-state index is 0.439.